The number of hydrogen-bond acceptors (Lipinski definition) is 5. The number of carbonyl (C=O) groups is 2. The van der Waals surface area contributed by atoms with Crippen molar-refractivity contribution in [2.45, 2.75) is 32.4 Å². The highest BCUT2D eigenvalue weighted by molar-refractivity contribution is 7.88. The van der Waals surface area contributed by atoms with E-state index < -0.39 is 27.5 Å². The maximum atomic E-state index is 11.8. The van der Waals surface area contributed by atoms with Crippen LogP contribution in [0.1, 0.15) is 20.8 Å². The number of thiol groups is 1. The quantitative estimate of drug-likeness (QED) is 0.446. The van der Waals surface area contributed by atoms with Crippen LogP contribution in [0.2, 0.25) is 0 Å². The molecular weight excluding hydrogens is 290 g/mol. The molecule has 0 heterocycles. The predicted octanol–water partition coefficient (Wildman–Crippen LogP) is -1.14. The summed E-state index contributed by atoms with van der Waals surface area (Å²) in [4.78, 5) is 22.7. The third kappa shape index (κ3) is 8.84. The van der Waals surface area contributed by atoms with E-state index in [1.54, 1.807) is 13.8 Å². The monoisotopic (exact) mass is 311 g/mol. The highest BCUT2D eigenvalue weighted by Crippen LogP contribution is 2.02. The minimum atomic E-state index is -3.36. The molecule has 0 spiro atoms. The molecule has 0 saturated heterocycles. The largest absolute Gasteiger partial charge is 0.352 e. The molecule has 0 aromatic carbocycles. The van der Waals surface area contributed by atoms with Crippen LogP contribution in [0.3, 0.4) is 0 Å². The Morgan fingerprint density at radius 1 is 1.32 bits per heavy atom. The third-order valence-corrected chi connectivity index (χ3v) is 3.33. The first-order chi connectivity index (χ1) is 8.47. The highest BCUT2D eigenvalue weighted by atomic mass is 32.2. The Hall–Kier alpha value is -0.800. The van der Waals surface area contributed by atoms with Gasteiger partial charge in [0.25, 0.3) is 0 Å². The number of carbonyl (C=O) groups excluding carboxylic acids is 2. The lowest BCUT2D eigenvalue weighted by Crippen LogP contribution is -2.54. The fraction of sp³-hybridized carbons (Fsp3) is 0.800. The first kappa shape index (κ1) is 18.2. The van der Waals surface area contributed by atoms with Crippen molar-refractivity contribution >= 4 is 34.5 Å². The summed E-state index contributed by atoms with van der Waals surface area (Å²) in [6.45, 7) is 4.69. The summed E-state index contributed by atoms with van der Waals surface area (Å²) in [5, 5.41) is 5.02. The van der Waals surface area contributed by atoms with Gasteiger partial charge in [-0.1, -0.05) is 0 Å². The Labute approximate surface area is 119 Å². The van der Waals surface area contributed by atoms with Crippen molar-refractivity contribution in [2.24, 2.45) is 0 Å². The van der Waals surface area contributed by atoms with E-state index in [9.17, 15) is 18.0 Å². The molecule has 0 radical (unpaired) electrons. The van der Waals surface area contributed by atoms with E-state index in [-0.39, 0.29) is 18.2 Å². The van der Waals surface area contributed by atoms with Crippen LogP contribution in [-0.2, 0) is 19.6 Å². The van der Waals surface area contributed by atoms with Gasteiger partial charge in [-0.05, 0) is 13.8 Å². The van der Waals surface area contributed by atoms with Crippen molar-refractivity contribution < 1.29 is 18.0 Å². The van der Waals surface area contributed by atoms with Crippen molar-refractivity contribution in [1.29, 1.82) is 0 Å². The smallest absolute Gasteiger partial charge is 0.243 e. The summed E-state index contributed by atoms with van der Waals surface area (Å²) in [6, 6.07) is -0.741. The second kappa shape index (κ2) is 7.11. The van der Waals surface area contributed by atoms with Gasteiger partial charge < -0.3 is 10.6 Å². The molecule has 2 amide bonds. The lowest BCUT2D eigenvalue weighted by atomic mass is 10.1. The van der Waals surface area contributed by atoms with Crippen molar-refractivity contribution in [3.05, 3.63) is 0 Å². The molecule has 1 unspecified atom stereocenters. The molecule has 0 aliphatic heterocycles. The maximum absolute atomic E-state index is 11.8. The molecule has 0 aromatic rings. The number of sulfonamides is 1. The Kier molecular flexibility index (Phi) is 6.81. The number of rotatable bonds is 7. The molecular formula is C10H21N3O4S2. The fourth-order valence-corrected chi connectivity index (χ4v) is 2.74. The van der Waals surface area contributed by atoms with Crippen LogP contribution in [0.4, 0.5) is 0 Å². The summed E-state index contributed by atoms with van der Waals surface area (Å²) < 4.78 is 24.7. The Balaban J connectivity index is 4.45. The molecule has 0 rings (SSSR count). The Morgan fingerprint density at radius 3 is 2.21 bits per heavy atom. The van der Waals surface area contributed by atoms with Crippen LogP contribution < -0.4 is 15.4 Å². The average molecular weight is 311 g/mol. The van der Waals surface area contributed by atoms with Crippen molar-refractivity contribution in [2.75, 3.05) is 18.6 Å². The summed E-state index contributed by atoms with van der Waals surface area (Å²) in [5.74, 6) is -0.581. The minimum absolute atomic E-state index is 0.1000. The second-order valence-corrected chi connectivity index (χ2v) is 7.03. The van der Waals surface area contributed by atoms with Gasteiger partial charge in [0.2, 0.25) is 21.8 Å². The Bertz CT molecular complexity index is 434. The maximum Gasteiger partial charge on any atom is 0.243 e. The van der Waals surface area contributed by atoms with Gasteiger partial charge in [0.15, 0.2) is 0 Å². The molecule has 9 heteroatoms. The molecule has 0 aromatic heterocycles. The van der Waals surface area contributed by atoms with E-state index in [4.69, 9.17) is 0 Å². The molecule has 0 saturated carbocycles. The molecule has 112 valence electrons. The zero-order valence-electron chi connectivity index (χ0n) is 11.5. The minimum Gasteiger partial charge on any atom is -0.352 e. The van der Waals surface area contributed by atoms with E-state index in [1.807, 2.05) is 0 Å². The second-order valence-electron chi connectivity index (χ2n) is 4.91. The standard InChI is InChI=1S/C10H21N3O4S2/c1-7(14)12-8(5-18)9(15)11-6-10(2,3)13-19(4,16)17/h8,13,18H,5-6H2,1-4H3,(H,11,15)(H,12,14). The van der Waals surface area contributed by atoms with Gasteiger partial charge in [0, 0.05) is 24.8 Å². The van der Waals surface area contributed by atoms with Crippen molar-refractivity contribution in [1.82, 2.24) is 15.4 Å². The van der Waals surface area contributed by atoms with Gasteiger partial charge in [-0.15, -0.1) is 0 Å². The van der Waals surface area contributed by atoms with Gasteiger partial charge in [-0.25, -0.2) is 13.1 Å². The van der Waals surface area contributed by atoms with E-state index in [1.165, 1.54) is 6.92 Å². The van der Waals surface area contributed by atoms with E-state index >= 15 is 0 Å². The first-order valence-corrected chi connectivity index (χ1v) is 8.14. The van der Waals surface area contributed by atoms with Gasteiger partial charge in [0.05, 0.1) is 6.26 Å². The zero-order valence-corrected chi connectivity index (χ0v) is 13.2. The van der Waals surface area contributed by atoms with Gasteiger partial charge in [-0.3, -0.25) is 9.59 Å². The van der Waals surface area contributed by atoms with Gasteiger partial charge in [0.1, 0.15) is 6.04 Å². The predicted molar refractivity (Wildman–Crippen MR) is 76.5 cm³/mol. The van der Waals surface area contributed by atoms with Crippen LogP contribution in [0, 0.1) is 0 Å². The molecule has 7 nitrogen and oxygen atoms in total. The molecule has 1 atom stereocenters. The number of nitrogens with one attached hydrogen (secondary N) is 3. The van der Waals surface area contributed by atoms with Crippen LogP contribution >= 0.6 is 12.6 Å². The number of amides is 2. The summed E-state index contributed by atoms with van der Waals surface area (Å²) >= 11 is 3.98. The molecule has 0 bridgehead atoms. The molecule has 3 N–H and O–H groups in total. The molecule has 0 aliphatic rings. The lowest BCUT2D eigenvalue weighted by Gasteiger charge is -2.26. The number of hydrogen-bond donors (Lipinski definition) is 4. The summed E-state index contributed by atoms with van der Waals surface area (Å²) in [7, 11) is -3.36. The van der Waals surface area contributed by atoms with E-state index in [0.29, 0.717) is 0 Å². The molecule has 0 fully saturated rings. The van der Waals surface area contributed by atoms with Crippen molar-refractivity contribution in [3.8, 4) is 0 Å². The van der Waals surface area contributed by atoms with Crippen LogP contribution in [0.5, 0.6) is 0 Å². The van der Waals surface area contributed by atoms with Gasteiger partial charge in [-0.2, -0.15) is 12.6 Å². The van der Waals surface area contributed by atoms with E-state index in [0.717, 1.165) is 6.26 Å². The third-order valence-electron chi connectivity index (χ3n) is 2.04. The normalized spacial score (nSPS) is 13.7. The van der Waals surface area contributed by atoms with Crippen LogP contribution in [-0.4, -0.2) is 50.4 Å². The molecule has 0 aliphatic carbocycles. The Morgan fingerprint density at radius 2 is 1.84 bits per heavy atom. The lowest BCUT2D eigenvalue weighted by molar-refractivity contribution is -0.127. The van der Waals surface area contributed by atoms with Crippen LogP contribution in [0.25, 0.3) is 0 Å². The zero-order chi connectivity index (χ0) is 15.3. The topological polar surface area (TPSA) is 104 Å². The van der Waals surface area contributed by atoms with E-state index in [2.05, 4.69) is 28.0 Å². The van der Waals surface area contributed by atoms with Crippen LogP contribution in [0.15, 0.2) is 0 Å². The SMILES string of the molecule is CC(=O)NC(CS)C(=O)NCC(C)(C)NS(C)(=O)=O. The fourth-order valence-electron chi connectivity index (χ4n) is 1.41. The summed E-state index contributed by atoms with van der Waals surface area (Å²) in [6.07, 6.45) is 1.05. The van der Waals surface area contributed by atoms with Crippen molar-refractivity contribution in [3.63, 3.8) is 0 Å². The molecule has 19 heavy (non-hydrogen) atoms. The first-order valence-electron chi connectivity index (χ1n) is 5.61. The summed E-state index contributed by atoms with van der Waals surface area (Å²) in [5.41, 5.74) is -0.819. The van der Waals surface area contributed by atoms with Gasteiger partial charge >= 0.3 is 0 Å². The average Bonchev–Trinajstić information content (AvgIpc) is 2.19. The highest BCUT2D eigenvalue weighted by Gasteiger charge is 2.25.